The average molecular weight is 271 g/mol. The van der Waals surface area contributed by atoms with Crippen LogP contribution in [0.1, 0.15) is 66.2 Å². The van der Waals surface area contributed by atoms with Gasteiger partial charge in [0.15, 0.2) is 0 Å². The third-order valence-electron chi connectivity index (χ3n) is 3.95. The molecule has 1 N–H and O–H groups in total. The van der Waals surface area contributed by atoms with Crippen LogP contribution in [0.2, 0.25) is 0 Å². The molecule has 1 rings (SSSR count). The van der Waals surface area contributed by atoms with Gasteiger partial charge in [-0.2, -0.15) is 0 Å². The van der Waals surface area contributed by atoms with Gasteiger partial charge in [0, 0.05) is 12.6 Å². The normalized spacial score (nSPS) is 28.1. The van der Waals surface area contributed by atoms with Crippen molar-refractivity contribution >= 4 is 0 Å². The highest BCUT2D eigenvalue weighted by Gasteiger charge is 2.42. The lowest BCUT2D eigenvalue weighted by Gasteiger charge is -2.45. The predicted octanol–water partition coefficient (Wildman–Crippen LogP) is 3.52. The van der Waals surface area contributed by atoms with Crippen LogP contribution in [0.5, 0.6) is 0 Å². The molecule has 1 saturated carbocycles. The van der Waals surface area contributed by atoms with Crippen LogP contribution in [0.4, 0.5) is 0 Å². The molecule has 3 nitrogen and oxygen atoms in total. The van der Waals surface area contributed by atoms with Crippen molar-refractivity contribution in [2.75, 3.05) is 13.2 Å². The zero-order valence-corrected chi connectivity index (χ0v) is 13.3. The highest BCUT2D eigenvalue weighted by atomic mass is 16.6. The van der Waals surface area contributed by atoms with Gasteiger partial charge in [-0.05, 0) is 33.2 Å². The quantitative estimate of drug-likeness (QED) is 0.583. The van der Waals surface area contributed by atoms with Crippen LogP contribution in [0.25, 0.3) is 0 Å². The van der Waals surface area contributed by atoms with E-state index in [1.54, 1.807) is 0 Å². The molecule has 1 aliphatic carbocycles. The van der Waals surface area contributed by atoms with Crippen LogP contribution < -0.4 is 5.32 Å². The minimum Gasteiger partial charge on any atom is -0.374 e. The molecule has 0 radical (unpaired) electrons. The zero-order valence-electron chi connectivity index (χ0n) is 13.3. The van der Waals surface area contributed by atoms with E-state index in [4.69, 9.17) is 9.47 Å². The maximum atomic E-state index is 6.14. The second-order valence-corrected chi connectivity index (χ2v) is 5.65. The van der Waals surface area contributed by atoms with E-state index < -0.39 is 0 Å². The average Bonchev–Trinajstić information content (AvgIpc) is 2.40. The SMILES string of the molecule is CCCCCCC(C)OC1CC(NCC)C1OCC. The summed E-state index contributed by atoms with van der Waals surface area (Å²) in [6.07, 6.45) is 8.47. The molecule has 0 amide bonds. The van der Waals surface area contributed by atoms with E-state index in [1.807, 2.05) is 0 Å². The molecular formula is C16H33NO2. The van der Waals surface area contributed by atoms with Crippen molar-refractivity contribution in [3.05, 3.63) is 0 Å². The lowest BCUT2D eigenvalue weighted by molar-refractivity contribution is -0.163. The van der Waals surface area contributed by atoms with Crippen molar-refractivity contribution in [3.8, 4) is 0 Å². The highest BCUT2D eigenvalue weighted by Crippen LogP contribution is 2.29. The first kappa shape index (κ1) is 16.9. The molecular weight excluding hydrogens is 238 g/mol. The molecule has 0 spiro atoms. The van der Waals surface area contributed by atoms with Crippen LogP contribution in [0, 0.1) is 0 Å². The number of nitrogens with one attached hydrogen (secondary N) is 1. The predicted molar refractivity (Wildman–Crippen MR) is 80.6 cm³/mol. The molecule has 0 bridgehead atoms. The monoisotopic (exact) mass is 271 g/mol. The van der Waals surface area contributed by atoms with Crippen LogP contribution in [-0.2, 0) is 9.47 Å². The Morgan fingerprint density at radius 3 is 2.58 bits per heavy atom. The van der Waals surface area contributed by atoms with Crippen LogP contribution >= 0.6 is 0 Å². The molecule has 4 unspecified atom stereocenters. The summed E-state index contributed by atoms with van der Waals surface area (Å²) in [5.74, 6) is 0. The summed E-state index contributed by atoms with van der Waals surface area (Å²) in [5, 5.41) is 3.47. The Kier molecular flexibility index (Phi) is 8.67. The second kappa shape index (κ2) is 9.73. The molecule has 3 heteroatoms. The lowest BCUT2D eigenvalue weighted by Crippen LogP contribution is -2.60. The molecule has 1 aliphatic rings. The minimum atomic E-state index is 0.253. The third-order valence-corrected chi connectivity index (χ3v) is 3.95. The maximum absolute atomic E-state index is 6.14. The Morgan fingerprint density at radius 1 is 1.16 bits per heavy atom. The topological polar surface area (TPSA) is 30.5 Å². The van der Waals surface area contributed by atoms with Crippen LogP contribution in [0.15, 0.2) is 0 Å². The Morgan fingerprint density at radius 2 is 1.95 bits per heavy atom. The molecule has 0 aromatic carbocycles. The van der Waals surface area contributed by atoms with E-state index in [1.165, 1.54) is 32.1 Å². The molecule has 19 heavy (non-hydrogen) atoms. The Bertz CT molecular complexity index is 223. The maximum Gasteiger partial charge on any atom is 0.0990 e. The van der Waals surface area contributed by atoms with Crippen molar-refractivity contribution in [2.24, 2.45) is 0 Å². The van der Waals surface area contributed by atoms with E-state index in [0.717, 1.165) is 19.6 Å². The number of hydrogen-bond acceptors (Lipinski definition) is 3. The fourth-order valence-electron chi connectivity index (χ4n) is 2.82. The van der Waals surface area contributed by atoms with Gasteiger partial charge in [-0.1, -0.05) is 39.5 Å². The summed E-state index contributed by atoms with van der Waals surface area (Å²) in [4.78, 5) is 0. The van der Waals surface area contributed by atoms with E-state index in [-0.39, 0.29) is 6.10 Å². The Labute approximate surface area is 119 Å². The van der Waals surface area contributed by atoms with Gasteiger partial charge >= 0.3 is 0 Å². The standard InChI is InChI=1S/C16H33NO2/c1-5-8-9-10-11-13(4)19-15-12-14(17-6-2)16(15)18-7-3/h13-17H,5-12H2,1-4H3. The summed E-state index contributed by atoms with van der Waals surface area (Å²) >= 11 is 0. The summed E-state index contributed by atoms with van der Waals surface area (Å²) in [6.45, 7) is 10.4. The lowest BCUT2D eigenvalue weighted by atomic mass is 9.85. The van der Waals surface area contributed by atoms with Gasteiger partial charge in [0.1, 0.15) is 0 Å². The van der Waals surface area contributed by atoms with Gasteiger partial charge in [-0.3, -0.25) is 0 Å². The summed E-state index contributed by atoms with van der Waals surface area (Å²) in [7, 11) is 0. The van der Waals surface area contributed by atoms with E-state index in [2.05, 4.69) is 33.0 Å². The van der Waals surface area contributed by atoms with Gasteiger partial charge in [-0.15, -0.1) is 0 Å². The first-order chi connectivity index (χ1) is 9.22. The largest absolute Gasteiger partial charge is 0.374 e. The molecule has 114 valence electrons. The van der Waals surface area contributed by atoms with Crippen molar-refractivity contribution in [1.82, 2.24) is 5.32 Å². The second-order valence-electron chi connectivity index (χ2n) is 5.65. The molecule has 0 saturated heterocycles. The van der Waals surface area contributed by atoms with Crippen molar-refractivity contribution < 1.29 is 9.47 Å². The molecule has 0 aromatic heterocycles. The Balaban J connectivity index is 2.20. The number of unbranched alkanes of at least 4 members (excludes halogenated alkanes) is 3. The third kappa shape index (κ3) is 5.80. The van der Waals surface area contributed by atoms with Crippen molar-refractivity contribution in [1.29, 1.82) is 0 Å². The van der Waals surface area contributed by atoms with Gasteiger partial charge < -0.3 is 14.8 Å². The number of likely N-dealkylation sites (N-methyl/N-ethyl adjacent to an activating group) is 1. The summed E-state index contributed by atoms with van der Waals surface area (Å²) in [5.41, 5.74) is 0. The first-order valence-corrected chi connectivity index (χ1v) is 8.23. The molecule has 0 aliphatic heterocycles. The van der Waals surface area contributed by atoms with E-state index in [9.17, 15) is 0 Å². The minimum absolute atomic E-state index is 0.253. The van der Waals surface area contributed by atoms with E-state index in [0.29, 0.717) is 18.2 Å². The molecule has 1 fully saturated rings. The highest BCUT2D eigenvalue weighted by molar-refractivity contribution is 4.97. The smallest absolute Gasteiger partial charge is 0.0990 e. The van der Waals surface area contributed by atoms with Gasteiger partial charge in [0.25, 0.3) is 0 Å². The van der Waals surface area contributed by atoms with Gasteiger partial charge in [0.2, 0.25) is 0 Å². The van der Waals surface area contributed by atoms with Gasteiger partial charge in [0.05, 0.1) is 18.3 Å². The van der Waals surface area contributed by atoms with Crippen LogP contribution in [0.3, 0.4) is 0 Å². The fraction of sp³-hybridized carbons (Fsp3) is 1.00. The number of ether oxygens (including phenoxy) is 2. The zero-order chi connectivity index (χ0) is 14.1. The molecule has 0 heterocycles. The van der Waals surface area contributed by atoms with Crippen molar-refractivity contribution in [3.63, 3.8) is 0 Å². The Hall–Kier alpha value is -0.120. The van der Waals surface area contributed by atoms with Crippen molar-refractivity contribution in [2.45, 2.75) is 90.6 Å². The molecule has 4 atom stereocenters. The van der Waals surface area contributed by atoms with E-state index >= 15 is 0 Å². The molecule has 0 aromatic rings. The van der Waals surface area contributed by atoms with Gasteiger partial charge in [-0.25, -0.2) is 0 Å². The summed E-state index contributed by atoms with van der Waals surface area (Å²) < 4.78 is 12.0. The number of hydrogen-bond donors (Lipinski definition) is 1. The first-order valence-electron chi connectivity index (χ1n) is 8.23. The summed E-state index contributed by atoms with van der Waals surface area (Å²) in [6, 6.07) is 0.488. The number of rotatable bonds is 11. The fourth-order valence-corrected chi connectivity index (χ4v) is 2.82. The van der Waals surface area contributed by atoms with Crippen LogP contribution in [-0.4, -0.2) is 37.5 Å².